The number of benzene rings is 1. The molecule has 0 amide bonds. The standard InChI is InChI=1S/C12H7Cl2N3S/c13-7-3-6(4-8(14)11(7)15)12-17-9-5-16-2-1-10(9)18-12/h1-5H,15H2. The molecule has 0 aliphatic heterocycles. The summed E-state index contributed by atoms with van der Waals surface area (Å²) in [5.41, 5.74) is 7.83. The predicted octanol–water partition coefficient (Wildman–Crippen LogP) is 4.25. The van der Waals surface area contributed by atoms with Crippen LogP contribution in [-0.4, -0.2) is 9.97 Å². The molecule has 0 saturated heterocycles. The molecule has 0 atom stereocenters. The first kappa shape index (κ1) is 11.7. The Labute approximate surface area is 117 Å². The van der Waals surface area contributed by atoms with Crippen LogP contribution in [0.4, 0.5) is 5.69 Å². The van der Waals surface area contributed by atoms with Crippen molar-refractivity contribution in [2.75, 3.05) is 5.73 Å². The van der Waals surface area contributed by atoms with Gasteiger partial charge in [-0.2, -0.15) is 0 Å². The molecule has 0 bridgehead atoms. The number of pyridine rings is 1. The van der Waals surface area contributed by atoms with Crippen molar-refractivity contribution in [1.29, 1.82) is 0 Å². The fourth-order valence-electron chi connectivity index (χ4n) is 1.61. The zero-order valence-electron chi connectivity index (χ0n) is 9.02. The lowest BCUT2D eigenvalue weighted by atomic mass is 10.2. The number of rotatable bonds is 1. The molecule has 2 aromatic heterocycles. The largest absolute Gasteiger partial charge is 0.396 e. The Morgan fingerprint density at radius 3 is 2.56 bits per heavy atom. The van der Waals surface area contributed by atoms with Gasteiger partial charge in [-0.05, 0) is 18.2 Å². The maximum atomic E-state index is 6.02. The second kappa shape index (κ2) is 4.39. The second-order valence-electron chi connectivity index (χ2n) is 3.72. The Hall–Kier alpha value is -1.36. The molecular weight excluding hydrogens is 289 g/mol. The van der Waals surface area contributed by atoms with Crippen molar-refractivity contribution >= 4 is 50.4 Å². The van der Waals surface area contributed by atoms with Crippen molar-refractivity contribution in [1.82, 2.24) is 9.97 Å². The fraction of sp³-hybridized carbons (Fsp3) is 0. The Bertz CT molecular complexity index is 683. The summed E-state index contributed by atoms with van der Waals surface area (Å²) in [4.78, 5) is 8.53. The van der Waals surface area contributed by atoms with Crippen molar-refractivity contribution in [3.05, 3.63) is 40.6 Å². The van der Waals surface area contributed by atoms with Gasteiger partial charge in [-0.25, -0.2) is 4.98 Å². The Morgan fingerprint density at radius 2 is 1.89 bits per heavy atom. The molecule has 0 aliphatic rings. The van der Waals surface area contributed by atoms with Crippen LogP contribution < -0.4 is 5.73 Å². The van der Waals surface area contributed by atoms with Crippen LogP contribution in [0.25, 0.3) is 20.8 Å². The van der Waals surface area contributed by atoms with E-state index in [-0.39, 0.29) is 0 Å². The average Bonchev–Trinajstić information content (AvgIpc) is 2.79. The van der Waals surface area contributed by atoms with Gasteiger partial charge in [0.2, 0.25) is 0 Å². The molecule has 90 valence electrons. The third-order valence-corrected chi connectivity index (χ3v) is 4.23. The number of fused-ring (bicyclic) bond motifs is 1. The summed E-state index contributed by atoms with van der Waals surface area (Å²) in [7, 11) is 0. The molecule has 1 aromatic carbocycles. The number of hydrogen-bond donors (Lipinski definition) is 1. The highest BCUT2D eigenvalue weighted by molar-refractivity contribution is 7.21. The SMILES string of the molecule is Nc1c(Cl)cc(-c2nc3cnccc3s2)cc1Cl. The van der Waals surface area contributed by atoms with Gasteiger partial charge in [0.1, 0.15) is 10.5 Å². The number of anilines is 1. The van der Waals surface area contributed by atoms with Crippen LogP contribution in [0.3, 0.4) is 0 Å². The number of nitrogens with zero attached hydrogens (tertiary/aromatic N) is 2. The van der Waals surface area contributed by atoms with Gasteiger partial charge in [-0.3, -0.25) is 4.98 Å². The first-order chi connectivity index (χ1) is 8.65. The van der Waals surface area contributed by atoms with Gasteiger partial charge in [-0.1, -0.05) is 23.2 Å². The molecule has 0 aliphatic carbocycles. The zero-order valence-corrected chi connectivity index (χ0v) is 11.4. The summed E-state index contributed by atoms with van der Waals surface area (Å²) in [6.45, 7) is 0. The minimum atomic E-state index is 0.393. The molecule has 0 unspecified atom stereocenters. The number of aromatic nitrogens is 2. The molecule has 0 saturated carbocycles. The van der Waals surface area contributed by atoms with E-state index >= 15 is 0 Å². The van der Waals surface area contributed by atoms with Crippen LogP contribution in [0.1, 0.15) is 0 Å². The summed E-state index contributed by atoms with van der Waals surface area (Å²) >= 11 is 13.6. The summed E-state index contributed by atoms with van der Waals surface area (Å²) in [6, 6.07) is 5.47. The number of nitrogens with two attached hydrogens (primary N) is 1. The van der Waals surface area contributed by atoms with Crippen LogP contribution in [0.5, 0.6) is 0 Å². The van der Waals surface area contributed by atoms with Crippen molar-refractivity contribution < 1.29 is 0 Å². The highest BCUT2D eigenvalue weighted by Gasteiger charge is 2.10. The van der Waals surface area contributed by atoms with E-state index in [1.807, 2.05) is 6.07 Å². The van der Waals surface area contributed by atoms with Gasteiger partial charge in [0.25, 0.3) is 0 Å². The van der Waals surface area contributed by atoms with E-state index in [2.05, 4.69) is 9.97 Å². The molecule has 3 nitrogen and oxygen atoms in total. The molecule has 0 spiro atoms. The summed E-state index contributed by atoms with van der Waals surface area (Å²) in [6.07, 6.45) is 3.48. The van der Waals surface area contributed by atoms with Crippen molar-refractivity contribution in [2.24, 2.45) is 0 Å². The van der Waals surface area contributed by atoms with Crippen molar-refractivity contribution in [2.45, 2.75) is 0 Å². The monoisotopic (exact) mass is 295 g/mol. The van der Waals surface area contributed by atoms with E-state index in [0.717, 1.165) is 20.8 Å². The Balaban J connectivity index is 2.20. The Kier molecular flexibility index (Phi) is 2.86. The van der Waals surface area contributed by atoms with E-state index in [1.54, 1.807) is 35.9 Å². The minimum Gasteiger partial charge on any atom is -0.396 e. The minimum absolute atomic E-state index is 0.393. The third-order valence-electron chi connectivity index (χ3n) is 2.52. The van der Waals surface area contributed by atoms with Gasteiger partial charge < -0.3 is 5.73 Å². The molecule has 18 heavy (non-hydrogen) atoms. The lowest BCUT2D eigenvalue weighted by Gasteiger charge is -2.03. The van der Waals surface area contributed by atoms with E-state index in [1.165, 1.54) is 0 Å². The lowest BCUT2D eigenvalue weighted by Crippen LogP contribution is -1.88. The van der Waals surface area contributed by atoms with Gasteiger partial charge in [0.15, 0.2) is 0 Å². The number of nitrogen functional groups attached to an aromatic ring is 1. The molecule has 0 radical (unpaired) electrons. The maximum Gasteiger partial charge on any atom is 0.124 e. The molecule has 0 fully saturated rings. The van der Waals surface area contributed by atoms with E-state index in [0.29, 0.717) is 15.7 Å². The zero-order chi connectivity index (χ0) is 12.7. The summed E-state index contributed by atoms with van der Waals surface area (Å²) in [5.74, 6) is 0. The average molecular weight is 296 g/mol. The second-order valence-corrected chi connectivity index (χ2v) is 5.56. The topological polar surface area (TPSA) is 51.8 Å². The van der Waals surface area contributed by atoms with Crippen LogP contribution in [0, 0.1) is 0 Å². The number of halogens is 2. The molecule has 2 heterocycles. The molecule has 3 aromatic rings. The van der Waals surface area contributed by atoms with Crippen LogP contribution in [0.15, 0.2) is 30.6 Å². The number of hydrogen-bond acceptors (Lipinski definition) is 4. The highest BCUT2D eigenvalue weighted by atomic mass is 35.5. The third kappa shape index (κ3) is 1.92. The lowest BCUT2D eigenvalue weighted by molar-refractivity contribution is 1.34. The van der Waals surface area contributed by atoms with Crippen LogP contribution in [0.2, 0.25) is 10.0 Å². The highest BCUT2D eigenvalue weighted by Crippen LogP contribution is 2.36. The quantitative estimate of drug-likeness (QED) is 0.683. The van der Waals surface area contributed by atoms with Gasteiger partial charge >= 0.3 is 0 Å². The van der Waals surface area contributed by atoms with E-state index in [9.17, 15) is 0 Å². The van der Waals surface area contributed by atoms with E-state index < -0.39 is 0 Å². The van der Waals surface area contributed by atoms with Crippen LogP contribution >= 0.6 is 34.5 Å². The van der Waals surface area contributed by atoms with Crippen molar-refractivity contribution in [3.63, 3.8) is 0 Å². The summed E-state index contributed by atoms with van der Waals surface area (Å²) in [5, 5.41) is 1.73. The first-order valence-corrected chi connectivity index (χ1v) is 6.68. The molecule has 6 heteroatoms. The van der Waals surface area contributed by atoms with Crippen LogP contribution in [-0.2, 0) is 0 Å². The number of thiazole rings is 1. The molecule has 3 rings (SSSR count). The van der Waals surface area contributed by atoms with E-state index in [4.69, 9.17) is 28.9 Å². The molecular formula is C12H7Cl2N3S. The fourth-order valence-corrected chi connectivity index (χ4v) is 3.02. The Morgan fingerprint density at radius 1 is 1.17 bits per heavy atom. The molecule has 2 N–H and O–H groups in total. The van der Waals surface area contributed by atoms with Gasteiger partial charge in [-0.15, -0.1) is 11.3 Å². The summed E-state index contributed by atoms with van der Waals surface area (Å²) < 4.78 is 1.07. The smallest absolute Gasteiger partial charge is 0.124 e. The normalized spacial score (nSPS) is 11.0. The first-order valence-electron chi connectivity index (χ1n) is 5.10. The van der Waals surface area contributed by atoms with Gasteiger partial charge in [0, 0.05) is 11.8 Å². The van der Waals surface area contributed by atoms with Gasteiger partial charge in [0.05, 0.1) is 26.6 Å². The van der Waals surface area contributed by atoms with Crippen molar-refractivity contribution in [3.8, 4) is 10.6 Å². The predicted molar refractivity (Wildman–Crippen MR) is 77.3 cm³/mol. The maximum absolute atomic E-state index is 6.02.